The van der Waals surface area contributed by atoms with E-state index in [1.165, 1.54) is 54.3 Å². The molecule has 0 saturated heterocycles. The predicted octanol–water partition coefficient (Wildman–Crippen LogP) is 3.90. The molecular formula is C25H39BN2S. The molecule has 158 valence electrons. The number of hydrogen-bond donors (Lipinski definition) is 3. The van der Waals surface area contributed by atoms with Crippen LogP contribution in [0.25, 0.3) is 0 Å². The fourth-order valence-electron chi connectivity index (χ4n) is 6.80. The summed E-state index contributed by atoms with van der Waals surface area (Å²) in [4.78, 5) is -0.563. The lowest BCUT2D eigenvalue weighted by molar-refractivity contribution is 0.112. The van der Waals surface area contributed by atoms with Gasteiger partial charge >= 0.3 is 0 Å². The number of nitrogen functional groups attached to an aromatic ring is 1. The van der Waals surface area contributed by atoms with E-state index in [0.717, 1.165) is 36.8 Å². The number of nitrogens with two attached hydrogens (primary N) is 2. The van der Waals surface area contributed by atoms with E-state index in [4.69, 9.17) is 24.1 Å². The predicted molar refractivity (Wildman–Crippen MR) is 132 cm³/mol. The molecule has 0 aliphatic heterocycles. The van der Waals surface area contributed by atoms with Crippen LogP contribution in [-0.2, 0) is 18.3 Å². The highest BCUT2D eigenvalue weighted by molar-refractivity contribution is 7.82. The maximum atomic E-state index is 6.89. The van der Waals surface area contributed by atoms with Crippen LogP contribution >= 0.6 is 12.6 Å². The Morgan fingerprint density at radius 2 is 2.00 bits per heavy atom. The minimum absolute atomic E-state index is 0.000490. The van der Waals surface area contributed by atoms with Crippen LogP contribution < -0.4 is 16.9 Å². The molecule has 1 aromatic rings. The maximum Gasteiger partial charge on any atom is 0.139 e. The standard InChI is InChI=1S/C25H39BN2S/c1-4-16(11-15-7-8-15)18-13-19-21(26)12-17(5-2)23(27)22(19)24(6-3)14-25(28,29)10-9-20(18)24/h9-10,12,15-16,18,20,29H,4-8,11,13-14,26-28H2,1-3H3/t16-,18?,20?,24+,25?/m0/s1. The molecule has 4 heteroatoms. The molecule has 0 spiro atoms. The minimum atomic E-state index is -0.563. The Labute approximate surface area is 184 Å². The number of thiol groups is 1. The molecule has 4 N–H and O–H groups in total. The van der Waals surface area contributed by atoms with E-state index >= 15 is 0 Å². The number of aryl methyl sites for hydroxylation is 1. The third-order valence-corrected chi connectivity index (χ3v) is 8.79. The van der Waals surface area contributed by atoms with Crippen LogP contribution in [0.3, 0.4) is 0 Å². The summed E-state index contributed by atoms with van der Waals surface area (Å²) in [5.41, 5.74) is 20.3. The van der Waals surface area contributed by atoms with E-state index < -0.39 is 4.87 Å². The summed E-state index contributed by atoms with van der Waals surface area (Å²) in [7, 11) is 2.30. The highest BCUT2D eigenvalue weighted by Crippen LogP contribution is 2.58. The highest BCUT2D eigenvalue weighted by Gasteiger charge is 2.53. The topological polar surface area (TPSA) is 52.0 Å². The molecule has 2 nitrogen and oxygen atoms in total. The maximum absolute atomic E-state index is 6.89. The zero-order valence-corrected chi connectivity index (χ0v) is 19.7. The second-order valence-corrected chi connectivity index (χ2v) is 11.1. The van der Waals surface area contributed by atoms with Gasteiger partial charge in [-0.3, -0.25) is 0 Å². The summed E-state index contributed by atoms with van der Waals surface area (Å²) < 4.78 is 0. The van der Waals surface area contributed by atoms with Crippen LogP contribution in [0.15, 0.2) is 18.2 Å². The molecule has 4 rings (SSSR count). The summed E-state index contributed by atoms with van der Waals surface area (Å²) in [6.45, 7) is 6.96. The van der Waals surface area contributed by atoms with Gasteiger partial charge in [0.2, 0.25) is 0 Å². The Bertz CT molecular complexity index is 814. The fourth-order valence-corrected chi connectivity index (χ4v) is 7.17. The van der Waals surface area contributed by atoms with Crippen molar-refractivity contribution in [3.05, 3.63) is 34.9 Å². The van der Waals surface area contributed by atoms with E-state index in [1.54, 1.807) is 0 Å². The van der Waals surface area contributed by atoms with E-state index in [0.29, 0.717) is 11.8 Å². The minimum Gasteiger partial charge on any atom is -0.398 e. The van der Waals surface area contributed by atoms with Gasteiger partial charge in [-0.1, -0.05) is 63.7 Å². The lowest BCUT2D eigenvalue weighted by Gasteiger charge is -2.55. The van der Waals surface area contributed by atoms with Gasteiger partial charge in [-0.15, -0.1) is 0 Å². The lowest BCUT2D eigenvalue weighted by atomic mass is 9.50. The molecule has 0 heterocycles. The van der Waals surface area contributed by atoms with Crippen LogP contribution in [0.4, 0.5) is 5.69 Å². The first-order valence-electron chi connectivity index (χ1n) is 11.9. The smallest absolute Gasteiger partial charge is 0.139 e. The Morgan fingerprint density at radius 1 is 1.28 bits per heavy atom. The average Bonchev–Trinajstić information content (AvgIpc) is 3.51. The summed E-state index contributed by atoms with van der Waals surface area (Å²) in [6.07, 6.45) is 14.3. The first-order chi connectivity index (χ1) is 13.8. The summed E-state index contributed by atoms with van der Waals surface area (Å²) >= 11 is 4.86. The highest BCUT2D eigenvalue weighted by atomic mass is 32.1. The molecule has 29 heavy (non-hydrogen) atoms. The SMILES string of the molecule is Bc1cc(CC)c(N)c2c1CC([C@@H](CC)CC1CC1)C1C=CC(N)(S)C[C@@]21CC. The molecule has 1 saturated carbocycles. The van der Waals surface area contributed by atoms with Crippen molar-refractivity contribution in [3.63, 3.8) is 0 Å². The number of hydrogen-bond acceptors (Lipinski definition) is 3. The van der Waals surface area contributed by atoms with Gasteiger partial charge in [0.25, 0.3) is 0 Å². The van der Waals surface area contributed by atoms with Crippen LogP contribution in [0, 0.1) is 23.7 Å². The van der Waals surface area contributed by atoms with Crippen molar-refractivity contribution in [2.24, 2.45) is 29.4 Å². The normalized spacial score (nSPS) is 34.5. The molecule has 3 aliphatic rings. The molecule has 0 bridgehead atoms. The molecule has 3 aliphatic carbocycles. The molecular weight excluding hydrogens is 371 g/mol. The van der Waals surface area contributed by atoms with E-state index in [1.807, 2.05) is 0 Å². The Kier molecular flexibility index (Phi) is 5.66. The number of fused-ring (bicyclic) bond motifs is 3. The van der Waals surface area contributed by atoms with Gasteiger partial charge in [-0.25, -0.2) is 0 Å². The first kappa shape index (κ1) is 21.4. The Morgan fingerprint density at radius 3 is 2.59 bits per heavy atom. The van der Waals surface area contributed by atoms with Crippen LogP contribution in [0.2, 0.25) is 0 Å². The second kappa shape index (κ2) is 7.68. The molecule has 3 unspecified atom stereocenters. The summed E-state index contributed by atoms with van der Waals surface area (Å²) in [5, 5.41) is 0. The summed E-state index contributed by atoms with van der Waals surface area (Å²) in [5.74, 6) is 2.95. The Hall–Kier alpha value is -0.865. The monoisotopic (exact) mass is 410 g/mol. The van der Waals surface area contributed by atoms with Crippen molar-refractivity contribution in [3.8, 4) is 0 Å². The third-order valence-electron chi connectivity index (χ3n) is 8.49. The van der Waals surface area contributed by atoms with E-state index in [9.17, 15) is 0 Å². The molecule has 0 aromatic heterocycles. The van der Waals surface area contributed by atoms with Gasteiger partial charge in [-0.05, 0) is 72.5 Å². The second-order valence-electron chi connectivity index (χ2n) is 10.3. The third kappa shape index (κ3) is 3.59. The van der Waals surface area contributed by atoms with E-state index in [-0.39, 0.29) is 5.41 Å². The zero-order valence-electron chi connectivity index (χ0n) is 18.8. The molecule has 0 amide bonds. The zero-order chi connectivity index (χ0) is 21.0. The first-order valence-corrected chi connectivity index (χ1v) is 12.3. The quantitative estimate of drug-likeness (QED) is 0.219. The van der Waals surface area contributed by atoms with Crippen molar-refractivity contribution in [1.29, 1.82) is 0 Å². The van der Waals surface area contributed by atoms with Gasteiger partial charge in [-0.2, -0.15) is 12.6 Å². The summed E-state index contributed by atoms with van der Waals surface area (Å²) in [6, 6.07) is 2.35. The van der Waals surface area contributed by atoms with Gasteiger partial charge < -0.3 is 11.5 Å². The van der Waals surface area contributed by atoms with Crippen molar-refractivity contribution in [2.45, 2.75) is 82.4 Å². The van der Waals surface area contributed by atoms with Crippen molar-refractivity contribution >= 4 is 31.6 Å². The van der Waals surface area contributed by atoms with Crippen molar-refractivity contribution < 1.29 is 0 Å². The van der Waals surface area contributed by atoms with E-state index in [2.05, 4.69) is 46.8 Å². The van der Waals surface area contributed by atoms with Crippen molar-refractivity contribution in [2.75, 3.05) is 5.73 Å². The van der Waals surface area contributed by atoms with Gasteiger partial charge in [0.15, 0.2) is 0 Å². The number of allylic oxidation sites excluding steroid dienone is 1. The van der Waals surface area contributed by atoms with Gasteiger partial charge in [0.1, 0.15) is 7.85 Å². The largest absolute Gasteiger partial charge is 0.398 e. The van der Waals surface area contributed by atoms with Gasteiger partial charge in [0, 0.05) is 11.1 Å². The van der Waals surface area contributed by atoms with Gasteiger partial charge in [0.05, 0.1) is 4.87 Å². The number of benzene rings is 1. The average molecular weight is 410 g/mol. The molecule has 5 atom stereocenters. The van der Waals surface area contributed by atoms with Crippen LogP contribution in [0.5, 0.6) is 0 Å². The Balaban J connectivity index is 1.91. The molecule has 1 fully saturated rings. The molecule has 0 radical (unpaired) electrons. The number of rotatable bonds is 6. The van der Waals surface area contributed by atoms with Crippen molar-refractivity contribution in [1.82, 2.24) is 0 Å². The molecule has 1 aromatic carbocycles. The fraction of sp³-hybridized carbons (Fsp3) is 0.680. The lowest BCUT2D eigenvalue weighted by Crippen LogP contribution is -2.54. The van der Waals surface area contributed by atoms with Crippen LogP contribution in [-0.4, -0.2) is 12.7 Å². The number of anilines is 1. The van der Waals surface area contributed by atoms with Crippen LogP contribution in [0.1, 0.15) is 76.0 Å².